The highest BCUT2D eigenvalue weighted by Crippen LogP contribution is 2.21. The summed E-state index contributed by atoms with van der Waals surface area (Å²) in [5.74, 6) is -0.000596. The Kier molecular flexibility index (Phi) is 4.35. The summed E-state index contributed by atoms with van der Waals surface area (Å²) in [5, 5.41) is 5.13. The maximum Gasteiger partial charge on any atom is 0.251 e. The molecule has 0 aliphatic heterocycles. The minimum absolute atomic E-state index is 0.000596. The number of hydrogen-bond acceptors (Lipinski definition) is 1. The number of hydrogen-bond donors (Lipinski definition) is 1. The highest BCUT2D eigenvalue weighted by atomic mass is 16.1. The lowest BCUT2D eigenvalue weighted by Gasteiger charge is -2.07. The average molecular weight is 253 g/mol. The highest BCUT2D eigenvalue weighted by molar-refractivity contribution is 6.00. The van der Waals surface area contributed by atoms with Crippen LogP contribution in [0.4, 0.5) is 0 Å². The van der Waals surface area contributed by atoms with Crippen molar-refractivity contribution < 1.29 is 4.79 Å². The fraction of sp³-hybridized carbons (Fsp3) is 0.235. The largest absolute Gasteiger partial charge is 0.352 e. The van der Waals surface area contributed by atoms with Crippen molar-refractivity contribution in [3.8, 4) is 0 Å². The summed E-state index contributed by atoms with van der Waals surface area (Å²) >= 11 is 0. The Bertz CT molecular complexity index is 601. The molecule has 0 bridgehead atoms. The third kappa shape index (κ3) is 3.02. The molecule has 0 aliphatic carbocycles. The number of amides is 1. The van der Waals surface area contributed by atoms with E-state index in [0.29, 0.717) is 5.56 Å². The summed E-state index contributed by atoms with van der Waals surface area (Å²) in [6, 6.07) is 11.8. The first-order valence-corrected chi connectivity index (χ1v) is 6.69. The number of unbranched alkanes of at least 4 members (excludes halogenated alkanes) is 1. The summed E-state index contributed by atoms with van der Waals surface area (Å²) in [5.41, 5.74) is 1.81. The number of rotatable bonds is 5. The van der Waals surface area contributed by atoms with E-state index >= 15 is 0 Å². The van der Waals surface area contributed by atoms with Crippen LogP contribution in [0.15, 0.2) is 43.0 Å². The summed E-state index contributed by atoms with van der Waals surface area (Å²) in [4.78, 5) is 12.0. The molecule has 0 saturated carbocycles. The molecule has 19 heavy (non-hydrogen) atoms. The minimum Gasteiger partial charge on any atom is -0.352 e. The van der Waals surface area contributed by atoms with Gasteiger partial charge in [-0.3, -0.25) is 4.79 Å². The quantitative estimate of drug-likeness (QED) is 0.801. The van der Waals surface area contributed by atoms with Gasteiger partial charge in [0, 0.05) is 12.1 Å². The summed E-state index contributed by atoms with van der Waals surface area (Å²) in [7, 11) is 0. The number of carbonyl (C=O) groups excluding carboxylic acids is 1. The van der Waals surface area contributed by atoms with Crippen molar-refractivity contribution >= 4 is 22.8 Å². The molecule has 0 aliphatic rings. The van der Waals surface area contributed by atoms with Crippen molar-refractivity contribution in [1.29, 1.82) is 0 Å². The van der Waals surface area contributed by atoms with Gasteiger partial charge in [0.1, 0.15) is 0 Å². The molecule has 0 saturated heterocycles. The molecule has 98 valence electrons. The Labute approximate surface area is 114 Å². The van der Waals surface area contributed by atoms with Gasteiger partial charge in [-0.25, -0.2) is 0 Å². The van der Waals surface area contributed by atoms with Crippen molar-refractivity contribution in [3.05, 3.63) is 54.1 Å². The second-order valence-corrected chi connectivity index (χ2v) is 4.60. The van der Waals surface area contributed by atoms with Crippen LogP contribution in [-0.2, 0) is 0 Å². The van der Waals surface area contributed by atoms with Crippen molar-refractivity contribution in [2.24, 2.45) is 0 Å². The van der Waals surface area contributed by atoms with Crippen LogP contribution in [-0.4, -0.2) is 12.5 Å². The van der Waals surface area contributed by atoms with Gasteiger partial charge in [-0.2, -0.15) is 0 Å². The Morgan fingerprint density at radius 3 is 2.89 bits per heavy atom. The third-order valence-electron chi connectivity index (χ3n) is 3.21. The molecule has 0 aromatic heterocycles. The van der Waals surface area contributed by atoms with E-state index in [0.717, 1.165) is 35.7 Å². The molecular weight excluding hydrogens is 234 g/mol. The molecule has 1 amide bonds. The van der Waals surface area contributed by atoms with Crippen molar-refractivity contribution in [2.75, 3.05) is 6.54 Å². The molecule has 2 aromatic carbocycles. The lowest BCUT2D eigenvalue weighted by molar-refractivity contribution is 0.0953. The van der Waals surface area contributed by atoms with Crippen LogP contribution in [0.2, 0.25) is 0 Å². The zero-order valence-electron chi connectivity index (χ0n) is 11.3. The Balaban J connectivity index is 2.26. The van der Waals surface area contributed by atoms with Gasteiger partial charge >= 0.3 is 0 Å². The standard InChI is InChI=1S/C17H19NO/c1-3-5-11-18-17(19)15-9-10-16-13(4-2)7-6-8-14(16)12-15/h4,6-10,12H,2-3,5,11H2,1H3,(H,18,19). The summed E-state index contributed by atoms with van der Waals surface area (Å²) < 4.78 is 0. The predicted octanol–water partition coefficient (Wildman–Crippen LogP) is 4.01. The van der Waals surface area contributed by atoms with E-state index in [-0.39, 0.29) is 5.91 Å². The van der Waals surface area contributed by atoms with E-state index in [1.165, 1.54) is 0 Å². The van der Waals surface area contributed by atoms with Gasteiger partial charge in [0.05, 0.1) is 0 Å². The minimum atomic E-state index is -0.000596. The second-order valence-electron chi connectivity index (χ2n) is 4.60. The lowest BCUT2D eigenvalue weighted by atomic mass is 10.0. The van der Waals surface area contributed by atoms with Crippen LogP contribution >= 0.6 is 0 Å². The lowest BCUT2D eigenvalue weighted by Crippen LogP contribution is -2.24. The maximum absolute atomic E-state index is 12.0. The van der Waals surface area contributed by atoms with E-state index in [1.54, 1.807) is 0 Å². The molecule has 0 unspecified atom stereocenters. The Morgan fingerprint density at radius 1 is 1.32 bits per heavy atom. The molecule has 2 aromatic rings. The van der Waals surface area contributed by atoms with Crippen molar-refractivity contribution in [2.45, 2.75) is 19.8 Å². The van der Waals surface area contributed by atoms with Crippen LogP contribution in [0.3, 0.4) is 0 Å². The van der Waals surface area contributed by atoms with Crippen molar-refractivity contribution in [1.82, 2.24) is 5.32 Å². The second kappa shape index (κ2) is 6.19. The first-order valence-electron chi connectivity index (χ1n) is 6.69. The molecule has 2 heteroatoms. The zero-order chi connectivity index (χ0) is 13.7. The fourth-order valence-corrected chi connectivity index (χ4v) is 2.11. The maximum atomic E-state index is 12.0. The van der Waals surface area contributed by atoms with Crippen molar-refractivity contribution in [3.63, 3.8) is 0 Å². The number of benzene rings is 2. The van der Waals surface area contributed by atoms with E-state index in [9.17, 15) is 4.79 Å². The molecule has 1 N–H and O–H groups in total. The van der Waals surface area contributed by atoms with Crippen LogP contribution in [0.5, 0.6) is 0 Å². The molecular formula is C17H19NO. The van der Waals surface area contributed by atoms with Crippen LogP contribution in [0, 0.1) is 0 Å². The number of fused-ring (bicyclic) bond motifs is 1. The van der Waals surface area contributed by atoms with Gasteiger partial charge < -0.3 is 5.32 Å². The molecule has 0 heterocycles. The van der Waals surface area contributed by atoms with E-state index in [4.69, 9.17) is 0 Å². The zero-order valence-corrected chi connectivity index (χ0v) is 11.3. The Hall–Kier alpha value is -2.09. The van der Waals surface area contributed by atoms with Gasteiger partial charge in [-0.15, -0.1) is 0 Å². The highest BCUT2D eigenvalue weighted by Gasteiger charge is 2.06. The van der Waals surface area contributed by atoms with Gasteiger partial charge in [-0.05, 0) is 34.9 Å². The van der Waals surface area contributed by atoms with E-state index in [1.807, 2.05) is 42.5 Å². The smallest absolute Gasteiger partial charge is 0.251 e. The SMILES string of the molecule is C=Cc1cccc2cc(C(=O)NCCCC)ccc12. The molecule has 0 atom stereocenters. The van der Waals surface area contributed by atoms with E-state index in [2.05, 4.69) is 18.8 Å². The Morgan fingerprint density at radius 2 is 2.16 bits per heavy atom. The third-order valence-corrected chi connectivity index (χ3v) is 3.21. The first kappa shape index (κ1) is 13.3. The van der Waals surface area contributed by atoms with Gasteiger partial charge in [0.25, 0.3) is 5.91 Å². The summed E-state index contributed by atoms with van der Waals surface area (Å²) in [6.07, 6.45) is 3.93. The summed E-state index contributed by atoms with van der Waals surface area (Å²) in [6.45, 7) is 6.66. The molecule has 0 fully saturated rings. The van der Waals surface area contributed by atoms with Crippen LogP contribution in [0.1, 0.15) is 35.7 Å². The van der Waals surface area contributed by atoms with E-state index < -0.39 is 0 Å². The molecule has 0 spiro atoms. The predicted molar refractivity (Wildman–Crippen MR) is 81.3 cm³/mol. The number of nitrogens with one attached hydrogen (secondary N) is 1. The fourth-order valence-electron chi connectivity index (χ4n) is 2.11. The average Bonchev–Trinajstić information content (AvgIpc) is 2.46. The van der Waals surface area contributed by atoms with Crippen LogP contribution in [0.25, 0.3) is 16.8 Å². The monoisotopic (exact) mass is 253 g/mol. The molecule has 2 rings (SSSR count). The topological polar surface area (TPSA) is 29.1 Å². The number of carbonyl (C=O) groups is 1. The van der Waals surface area contributed by atoms with Gasteiger partial charge in [-0.1, -0.05) is 50.3 Å². The molecule has 0 radical (unpaired) electrons. The van der Waals surface area contributed by atoms with Gasteiger partial charge in [0.2, 0.25) is 0 Å². The first-order chi connectivity index (χ1) is 9.26. The van der Waals surface area contributed by atoms with Crippen LogP contribution < -0.4 is 5.32 Å². The normalized spacial score (nSPS) is 10.4. The molecule has 2 nitrogen and oxygen atoms in total. The van der Waals surface area contributed by atoms with Gasteiger partial charge in [0.15, 0.2) is 0 Å².